The zero-order valence-electron chi connectivity index (χ0n) is 17.0. The van der Waals surface area contributed by atoms with E-state index < -0.39 is 10.0 Å². The fourth-order valence-corrected chi connectivity index (χ4v) is 5.89. The van der Waals surface area contributed by atoms with Crippen molar-refractivity contribution in [3.05, 3.63) is 24.3 Å². The number of nitrogens with one attached hydrogen (secondary N) is 2. The molecule has 1 aromatic rings. The largest absolute Gasteiger partial charge is 0.326 e. The van der Waals surface area contributed by atoms with Crippen LogP contribution in [0.3, 0.4) is 0 Å². The molecule has 1 aromatic carbocycles. The van der Waals surface area contributed by atoms with Crippen molar-refractivity contribution in [3.63, 3.8) is 0 Å². The number of nitrogens with zero attached hydrogens (tertiary/aromatic N) is 1. The number of rotatable bonds is 5. The van der Waals surface area contributed by atoms with Crippen LogP contribution >= 0.6 is 0 Å². The highest BCUT2D eigenvalue weighted by Crippen LogP contribution is 2.42. The standard InChI is InChI=1S/C21H31N3O3S/c1-15-10-16(14-21(2,3)13-15)11-20(25)23-17-6-4-7-18(12-17)28(26,27)24-19-8-5-9-22-19/h4,6-7,12,15-16H,5,8-11,13-14H2,1-3H3,(H,22,24)(H,23,25). The molecule has 1 aliphatic carbocycles. The van der Waals surface area contributed by atoms with E-state index in [9.17, 15) is 13.2 Å². The molecule has 2 atom stereocenters. The summed E-state index contributed by atoms with van der Waals surface area (Å²) in [6.07, 6.45) is 5.29. The van der Waals surface area contributed by atoms with E-state index in [0.717, 1.165) is 19.3 Å². The van der Waals surface area contributed by atoms with Gasteiger partial charge in [-0.1, -0.05) is 26.8 Å². The first kappa shape index (κ1) is 20.8. The Hall–Kier alpha value is -1.89. The van der Waals surface area contributed by atoms with Crippen LogP contribution in [0.5, 0.6) is 0 Å². The van der Waals surface area contributed by atoms with Gasteiger partial charge in [-0.2, -0.15) is 0 Å². The van der Waals surface area contributed by atoms with E-state index in [2.05, 4.69) is 35.8 Å². The number of amidine groups is 1. The van der Waals surface area contributed by atoms with Gasteiger partial charge in [-0.25, -0.2) is 8.42 Å². The van der Waals surface area contributed by atoms with E-state index >= 15 is 0 Å². The molecule has 3 rings (SSSR count). The maximum absolute atomic E-state index is 12.5. The molecule has 2 unspecified atom stereocenters. The number of anilines is 1. The summed E-state index contributed by atoms with van der Waals surface area (Å²) in [6.45, 7) is 7.44. The minimum atomic E-state index is -3.68. The van der Waals surface area contributed by atoms with Crippen LogP contribution in [0.1, 0.15) is 59.3 Å². The van der Waals surface area contributed by atoms with Crippen molar-refractivity contribution in [1.82, 2.24) is 4.72 Å². The van der Waals surface area contributed by atoms with Gasteiger partial charge in [0.05, 0.1) is 4.90 Å². The summed E-state index contributed by atoms with van der Waals surface area (Å²) in [6, 6.07) is 6.39. The highest BCUT2D eigenvalue weighted by Gasteiger charge is 2.32. The lowest BCUT2D eigenvalue weighted by Crippen LogP contribution is -2.30. The van der Waals surface area contributed by atoms with Crippen LogP contribution in [0.15, 0.2) is 34.2 Å². The number of carbonyl (C=O) groups excluding carboxylic acids is 1. The molecule has 1 amide bonds. The topological polar surface area (TPSA) is 87.6 Å². The van der Waals surface area contributed by atoms with Gasteiger partial charge in [0.15, 0.2) is 0 Å². The summed E-state index contributed by atoms with van der Waals surface area (Å²) in [4.78, 5) is 16.8. The molecule has 1 fully saturated rings. The van der Waals surface area contributed by atoms with Crippen molar-refractivity contribution < 1.29 is 13.2 Å². The molecule has 154 valence electrons. The zero-order valence-corrected chi connectivity index (χ0v) is 17.8. The summed E-state index contributed by atoms with van der Waals surface area (Å²) in [5.41, 5.74) is 0.773. The molecule has 7 heteroatoms. The van der Waals surface area contributed by atoms with Gasteiger partial charge < -0.3 is 5.32 Å². The SMILES string of the molecule is CC1CC(CC(=O)Nc2cccc(S(=O)(=O)NC3=NCCC3)c2)CC(C)(C)C1. The Labute approximate surface area is 168 Å². The number of aliphatic imine (C=N–C) groups is 1. The smallest absolute Gasteiger partial charge is 0.262 e. The number of carbonyl (C=O) groups is 1. The van der Waals surface area contributed by atoms with Gasteiger partial charge >= 0.3 is 0 Å². The molecular weight excluding hydrogens is 374 g/mol. The van der Waals surface area contributed by atoms with Gasteiger partial charge in [0, 0.05) is 25.1 Å². The molecule has 0 radical (unpaired) electrons. The summed E-state index contributed by atoms with van der Waals surface area (Å²) in [7, 11) is -3.68. The van der Waals surface area contributed by atoms with Crippen molar-refractivity contribution >= 4 is 27.5 Å². The van der Waals surface area contributed by atoms with Crippen molar-refractivity contribution in [2.24, 2.45) is 22.2 Å². The summed E-state index contributed by atoms with van der Waals surface area (Å²) < 4.78 is 27.6. The second kappa shape index (κ2) is 8.23. The highest BCUT2D eigenvalue weighted by molar-refractivity contribution is 7.90. The van der Waals surface area contributed by atoms with Gasteiger partial charge in [-0.15, -0.1) is 0 Å². The Morgan fingerprint density at radius 3 is 2.75 bits per heavy atom. The summed E-state index contributed by atoms with van der Waals surface area (Å²) >= 11 is 0. The van der Waals surface area contributed by atoms with Gasteiger partial charge in [0.1, 0.15) is 5.84 Å². The minimum absolute atomic E-state index is 0.0578. The number of sulfonamides is 1. The average molecular weight is 406 g/mol. The molecule has 0 saturated heterocycles. The first-order chi connectivity index (χ1) is 13.1. The van der Waals surface area contributed by atoms with Crippen molar-refractivity contribution in [2.75, 3.05) is 11.9 Å². The molecule has 1 heterocycles. The fourth-order valence-electron chi connectivity index (χ4n) is 4.75. The summed E-state index contributed by atoms with van der Waals surface area (Å²) in [5, 5.41) is 2.88. The zero-order chi connectivity index (χ0) is 20.4. The minimum Gasteiger partial charge on any atom is -0.326 e. The number of hydrogen-bond donors (Lipinski definition) is 2. The lowest BCUT2D eigenvalue weighted by molar-refractivity contribution is -0.117. The lowest BCUT2D eigenvalue weighted by atomic mass is 9.67. The predicted octanol–water partition coefficient (Wildman–Crippen LogP) is 3.95. The van der Waals surface area contributed by atoms with Crippen LogP contribution in [0, 0.1) is 17.3 Å². The Balaban J connectivity index is 1.63. The van der Waals surface area contributed by atoms with Crippen LogP contribution in [0.2, 0.25) is 0 Å². The Kier molecular flexibility index (Phi) is 6.12. The first-order valence-corrected chi connectivity index (χ1v) is 11.6. The number of hydrogen-bond acceptors (Lipinski definition) is 4. The molecule has 0 spiro atoms. The predicted molar refractivity (Wildman–Crippen MR) is 112 cm³/mol. The maximum Gasteiger partial charge on any atom is 0.262 e. The van der Waals surface area contributed by atoms with E-state index in [1.807, 2.05) is 0 Å². The molecule has 1 aliphatic heterocycles. The molecule has 2 N–H and O–H groups in total. The monoisotopic (exact) mass is 405 g/mol. The molecule has 6 nitrogen and oxygen atoms in total. The van der Waals surface area contributed by atoms with Gasteiger partial charge in [0.2, 0.25) is 5.91 Å². The fraction of sp³-hybridized carbons (Fsp3) is 0.619. The lowest BCUT2D eigenvalue weighted by Gasteiger charge is -2.38. The Morgan fingerprint density at radius 1 is 1.29 bits per heavy atom. The second-order valence-corrected chi connectivity index (χ2v) is 10.8. The van der Waals surface area contributed by atoms with Gasteiger partial charge in [-0.3, -0.25) is 14.5 Å². The number of amides is 1. The van der Waals surface area contributed by atoms with E-state index in [4.69, 9.17) is 0 Å². The molecular formula is C21H31N3O3S. The second-order valence-electron chi connectivity index (χ2n) is 9.10. The van der Waals surface area contributed by atoms with E-state index in [1.54, 1.807) is 12.1 Å². The van der Waals surface area contributed by atoms with Crippen molar-refractivity contribution in [1.29, 1.82) is 0 Å². The van der Waals surface area contributed by atoms with Crippen LogP contribution in [0.4, 0.5) is 5.69 Å². The van der Waals surface area contributed by atoms with E-state index in [0.29, 0.717) is 42.7 Å². The van der Waals surface area contributed by atoms with E-state index in [-0.39, 0.29) is 16.2 Å². The molecule has 2 aliphatic rings. The third kappa shape index (κ3) is 5.56. The van der Waals surface area contributed by atoms with Crippen LogP contribution in [0.25, 0.3) is 0 Å². The van der Waals surface area contributed by atoms with Crippen LogP contribution < -0.4 is 10.0 Å². The summed E-state index contributed by atoms with van der Waals surface area (Å²) in [5.74, 6) is 1.44. The van der Waals surface area contributed by atoms with Gasteiger partial charge in [-0.05, 0) is 61.1 Å². The third-order valence-electron chi connectivity index (χ3n) is 5.51. The van der Waals surface area contributed by atoms with Crippen molar-refractivity contribution in [2.45, 2.75) is 64.2 Å². The van der Waals surface area contributed by atoms with Gasteiger partial charge in [0.25, 0.3) is 10.0 Å². The first-order valence-electron chi connectivity index (χ1n) is 10.1. The van der Waals surface area contributed by atoms with Crippen LogP contribution in [-0.4, -0.2) is 26.7 Å². The number of benzene rings is 1. The van der Waals surface area contributed by atoms with Crippen LogP contribution in [-0.2, 0) is 14.8 Å². The Bertz CT molecular complexity index is 861. The van der Waals surface area contributed by atoms with Crippen molar-refractivity contribution in [3.8, 4) is 0 Å². The normalized spacial score (nSPS) is 24.5. The quantitative estimate of drug-likeness (QED) is 0.777. The Morgan fingerprint density at radius 2 is 2.07 bits per heavy atom. The highest BCUT2D eigenvalue weighted by atomic mass is 32.2. The third-order valence-corrected chi connectivity index (χ3v) is 6.89. The van der Waals surface area contributed by atoms with E-state index in [1.165, 1.54) is 18.6 Å². The maximum atomic E-state index is 12.5. The molecule has 0 bridgehead atoms. The molecule has 28 heavy (non-hydrogen) atoms. The molecule has 1 saturated carbocycles. The molecule has 0 aromatic heterocycles. The average Bonchev–Trinajstić information content (AvgIpc) is 3.05.